The molecule has 0 aromatic heterocycles. The molecule has 3 nitrogen and oxygen atoms in total. The van der Waals surface area contributed by atoms with Gasteiger partial charge in [-0.25, -0.2) is 0 Å². The van der Waals surface area contributed by atoms with Crippen LogP contribution in [0.1, 0.15) is 25.8 Å². The maximum absolute atomic E-state index is 11.4. The van der Waals surface area contributed by atoms with E-state index in [1.807, 2.05) is 11.0 Å². The summed E-state index contributed by atoms with van der Waals surface area (Å²) in [5.41, 5.74) is 1.29. The largest absolute Gasteiger partial charge is 0.343 e. The van der Waals surface area contributed by atoms with Gasteiger partial charge in [-0.2, -0.15) is 0 Å². The molecule has 104 valence electrons. The van der Waals surface area contributed by atoms with Crippen molar-refractivity contribution >= 4 is 21.8 Å². The lowest BCUT2D eigenvalue weighted by atomic mass is 9.93. The Hall–Kier alpha value is -0.870. The Balaban J connectivity index is 1.85. The second-order valence-corrected chi connectivity index (χ2v) is 6.26. The Labute approximate surface area is 123 Å². The van der Waals surface area contributed by atoms with Crippen LogP contribution in [0, 0.1) is 5.92 Å². The summed E-state index contributed by atoms with van der Waals surface area (Å²) in [6, 6.07) is 8.87. The Morgan fingerprint density at radius 3 is 2.95 bits per heavy atom. The molecule has 4 heteroatoms. The molecule has 0 unspecified atom stereocenters. The predicted molar refractivity (Wildman–Crippen MR) is 80.8 cm³/mol. The molecule has 0 aliphatic carbocycles. The van der Waals surface area contributed by atoms with Gasteiger partial charge in [-0.05, 0) is 30.0 Å². The van der Waals surface area contributed by atoms with Crippen molar-refractivity contribution in [3.63, 3.8) is 0 Å². The zero-order valence-electron chi connectivity index (χ0n) is 11.5. The number of carbonyl (C=O) groups is 1. The van der Waals surface area contributed by atoms with Crippen LogP contribution in [0.5, 0.6) is 0 Å². The van der Waals surface area contributed by atoms with Gasteiger partial charge in [-0.15, -0.1) is 0 Å². The van der Waals surface area contributed by atoms with Crippen molar-refractivity contribution in [2.45, 2.75) is 32.9 Å². The van der Waals surface area contributed by atoms with E-state index in [9.17, 15) is 4.79 Å². The minimum Gasteiger partial charge on any atom is -0.343 e. The molecule has 2 rings (SSSR count). The minimum atomic E-state index is 0.192. The number of likely N-dealkylation sites (tertiary alicyclic amines) is 1. The quantitative estimate of drug-likeness (QED) is 0.927. The van der Waals surface area contributed by atoms with Gasteiger partial charge in [0.1, 0.15) is 0 Å². The summed E-state index contributed by atoms with van der Waals surface area (Å²) in [6.45, 7) is 6.49. The average molecular weight is 325 g/mol. The van der Waals surface area contributed by atoms with Crippen LogP contribution in [0.15, 0.2) is 28.7 Å². The molecule has 0 radical (unpaired) electrons. The van der Waals surface area contributed by atoms with Crippen molar-refractivity contribution in [3.05, 3.63) is 34.3 Å². The Bertz CT molecular complexity index is 450. The highest BCUT2D eigenvalue weighted by Gasteiger charge is 2.26. The molecule has 1 aliphatic heterocycles. The smallest absolute Gasteiger partial charge is 0.219 e. The summed E-state index contributed by atoms with van der Waals surface area (Å²) in [6.07, 6.45) is 1.04. The van der Waals surface area contributed by atoms with Gasteiger partial charge in [0, 0.05) is 37.1 Å². The molecule has 1 aromatic rings. The maximum Gasteiger partial charge on any atom is 0.219 e. The highest BCUT2D eigenvalue weighted by atomic mass is 79.9. The summed E-state index contributed by atoms with van der Waals surface area (Å²) in [5.74, 6) is 0.696. The van der Waals surface area contributed by atoms with Crippen molar-refractivity contribution in [2.24, 2.45) is 5.92 Å². The first-order valence-corrected chi connectivity index (χ1v) is 7.59. The summed E-state index contributed by atoms with van der Waals surface area (Å²) >= 11 is 3.49. The molecular weight excluding hydrogens is 304 g/mol. The highest BCUT2D eigenvalue weighted by Crippen LogP contribution is 2.18. The number of nitrogens with one attached hydrogen (secondary N) is 1. The number of hydrogen-bond donors (Lipinski definition) is 1. The Morgan fingerprint density at radius 2 is 2.32 bits per heavy atom. The van der Waals surface area contributed by atoms with Crippen LogP contribution in [0.25, 0.3) is 0 Å². The van der Waals surface area contributed by atoms with E-state index in [0.29, 0.717) is 12.0 Å². The van der Waals surface area contributed by atoms with Crippen LogP contribution >= 0.6 is 15.9 Å². The third kappa shape index (κ3) is 4.05. The van der Waals surface area contributed by atoms with Gasteiger partial charge >= 0.3 is 0 Å². The van der Waals surface area contributed by atoms with E-state index in [-0.39, 0.29) is 5.91 Å². The number of piperidine rings is 1. The summed E-state index contributed by atoms with van der Waals surface area (Å²) in [4.78, 5) is 13.3. The molecule has 1 amide bonds. The minimum absolute atomic E-state index is 0.192. The first kappa shape index (κ1) is 14.5. The molecule has 1 heterocycles. The standard InChI is InChI=1S/C15H21BrN2O/c1-11-10-18(12(2)19)7-6-15(11)17-9-13-4-3-5-14(16)8-13/h3-5,8,11,15,17H,6-7,9-10H2,1-2H3/t11-,15+/m1/s1. The summed E-state index contributed by atoms with van der Waals surface area (Å²) < 4.78 is 1.12. The molecule has 0 bridgehead atoms. The number of nitrogens with zero attached hydrogens (tertiary/aromatic N) is 1. The average Bonchev–Trinajstić information content (AvgIpc) is 2.37. The summed E-state index contributed by atoms with van der Waals surface area (Å²) in [5, 5.41) is 3.62. The molecule has 19 heavy (non-hydrogen) atoms. The van der Waals surface area contributed by atoms with Crippen molar-refractivity contribution < 1.29 is 4.79 Å². The van der Waals surface area contributed by atoms with Gasteiger partial charge in [0.25, 0.3) is 0 Å². The van der Waals surface area contributed by atoms with Crippen LogP contribution < -0.4 is 5.32 Å². The molecule has 0 saturated carbocycles. The monoisotopic (exact) mass is 324 g/mol. The number of hydrogen-bond acceptors (Lipinski definition) is 2. The Kier molecular flexibility index (Phi) is 4.99. The van der Waals surface area contributed by atoms with Crippen molar-refractivity contribution in [1.29, 1.82) is 0 Å². The number of amides is 1. The lowest BCUT2D eigenvalue weighted by Gasteiger charge is -2.37. The van der Waals surface area contributed by atoms with Gasteiger partial charge in [0.2, 0.25) is 5.91 Å². The van der Waals surface area contributed by atoms with E-state index in [1.54, 1.807) is 6.92 Å². The first-order valence-electron chi connectivity index (χ1n) is 6.79. The second-order valence-electron chi connectivity index (χ2n) is 5.35. The third-order valence-electron chi connectivity index (χ3n) is 3.81. The van der Waals surface area contributed by atoms with E-state index in [0.717, 1.165) is 30.5 Å². The van der Waals surface area contributed by atoms with Crippen molar-refractivity contribution in [1.82, 2.24) is 10.2 Å². The molecule has 1 N–H and O–H groups in total. The van der Waals surface area contributed by atoms with Crippen LogP contribution in [0.3, 0.4) is 0 Å². The van der Waals surface area contributed by atoms with E-state index >= 15 is 0 Å². The van der Waals surface area contributed by atoms with Crippen LogP contribution in [0.2, 0.25) is 0 Å². The maximum atomic E-state index is 11.4. The fourth-order valence-electron chi connectivity index (χ4n) is 2.63. The first-order chi connectivity index (χ1) is 9.06. The van der Waals surface area contributed by atoms with E-state index in [4.69, 9.17) is 0 Å². The lowest BCUT2D eigenvalue weighted by molar-refractivity contribution is -0.130. The third-order valence-corrected chi connectivity index (χ3v) is 4.30. The number of halogens is 1. The summed E-state index contributed by atoms with van der Waals surface area (Å²) in [7, 11) is 0. The van der Waals surface area contributed by atoms with Gasteiger partial charge in [-0.3, -0.25) is 4.79 Å². The fourth-order valence-corrected chi connectivity index (χ4v) is 3.08. The van der Waals surface area contributed by atoms with Gasteiger partial charge in [0.15, 0.2) is 0 Å². The van der Waals surface area contributed by atoms with Crippen molar-refractivity contribution in [3.8, 4) is 0 Å². The fraction of sp³-hybridized carbons (Fsp3) is 0.533. The number of benzene rings is 1. The number of carbonyl (C=O) groups excluding carboxylic acids is 1. The molecule has 1 aliphatic rings. The molecule has 0 spiro atoms. The molecule has 1 aromatic carbocycles. The van der Waals surface area contributed by atoms with E-state index in [2.05, 4.69) is 46.4 Å². The lowest BCUT2D eigenvalue weighted by Crippen LogP contribution is -2.49. The normalized spacial score (nSPS) is 23.4. The second kappa shape index (κ2) is 6.53. The topological polar surface area (TPSA) is 32.3 Å². The van der Waals surface area contributed by atoms with E-state index < -0.39 is 0 Å². The molecule has 1 saturated heterocycles. The van der Waals surface area contributed by atoms with Crippen molar-refractivity contribution in [2.75, 3.05) is 13.1 Å². The molecule has 2 atom stereocenters. The Morgan fingerprint density at radius 1 is 1.53 bits per heavy atom. The zero-order chi connectivity index (χ0) is 13.8. The zero-order valence-corrected chi connectivity index (χ0v) is 13.1. The van der Waals surface area contributed by atoms with Gasteiger partial charge < -0.3 is 10.2 Å². The van der Waals surface area contributed by atoms with Gasteiger partial charge in [-0.1, -0.05) is 35.0 Å². The molecule has 1 fully saturated rings. The van der Waals surface area contributed by atoms with Crippen LogP contribution in [0.4, 0.5) is 0 Å². The highest BCUT2D eigenvalue weighted by molar-refractivity contribution is 9.10. The molecular formula is C15H21BrN2O. The van der Waals surface area contributed by atoms with Crippen LogP contribution in [-0.2, 0) is 11.3 Å². The van der Waals surface area contributed by atoms with E-state index in [1.165, 1.54) is 5.56 Å². The predicted octanol–water partition coefficient (Wildman–Crippen LogP) is 2.80. The SMILES string of the molecule is CC(=O)N1CC[C@H](NCc2cccc(Br)c2)[C@H](C)C1. The number of rotatable bonds is 3. The van der Waals surface area contributed by atoms with Gasteiger partial charge in [0.05, 0.1) is 0 Å². The van der Waals surface area contributed by atoms with Crippen LogP contribution in [-0.4, -0.2) is 29.9 Å².